The van der Waals surface area contributed by atoms with E-state index in [-0.39, 0.29) is 11.8 Å². The highest BCUT2D eigenvalue weighted by Crippen LogP contribution is 2.51. The maximum absolute atomic E-state index is 12.1. The first-order chi connectivity index (χ1) is 8.95. The van der Waals surface area contributed by atoms with Gasteiger partial charge < -0.3 is 5.32 Å². The first-order valence-corrected chi connectivity index (χ1v) is 8.65. The zero-order valence-electron chi connectivity index (χ0n) is 11.5. The molecule has 4 heteroatoms. The molecule has 1 aliphatic carbocycles. The molecule has 0 amide bonds. The smallest absolute Gasteiger partial charge is 0.180 e. The average Bonchev–Trinajstić information content (AvgIpc) is 3.11. The first-order valence-electron chi connectivity index (χ1n) is 7.00. The van der Waals surface area contributed by atoms with Crippen LogP contribution in [0.25, 0.3) is 0 Å². The highest BCUT2D eigenvalue weighted by atomic mass is 32.2. The van der Waals surface area contributed by atoms with Crippen LogP contribution in [0.15, 0.2) is 29.2 Å². The first kappa shape index (κ1) is 13.1. The van der Waals surface area contributed by atoms with Gasteiger partial charge in [-0.1, -0.05) is 32.0 Å². The van der Waals surface area contributed by atoms with Gasteiger partial charge in [0.2, 0.25) is 0 Å². The van der Waals surface area contributed by atoms with Gasteiger partial charge in [0.1, 0.15) is 0 Å². The maximum atomic E-state index is 12.1. The van der Waals surface area contributed by atoms with Gasteiger partial charge in [-0.25, -0.2) is 8.42 Å². The van der Waals surface area contributed by atoms with E-state index in [0.717, 1.165) is 12.1 Å². The van der Waals surface area contributed by atoms with Crippen LogP contribution in [0.4, 0.5) is 0 Å². The second-order valence-corrected chi connectivity index (χ2v) is 8.27. The van der Waals surface area contributed by atoms with Gasteiger partial charge in [0, 0.05) is 12.6 Å². The quantitative estimate of drug-likeness (QED) is 0.921. The zero-order chi connectivity index (χ0) is 13.7. The third-order valence-corrected chi connectivity index (χ3v) is 6.65. The minimum absolute atomic E-state index is 0.0302. The molecule has 2 aliphatic rings. The Bertz CT molecular complexity index is 588. The predicted molar refractivity (Wildman–Crippen MR) is 75.7 cm³/mol. The molecule has 0 saturated heterocycles. The SMILES string of the molecule is CC(C)C1(CNC2CS(=O)(=O)c3ccccc32)CC1. The molecule has 1 fully saturated rings. The van der Waals surface area contributed by atoms with Crippen LogP contribution in [0, 0.1) is 11.3 Å². The van der Waals surface area contributed by atoms with Crippen LogP contribution < -0.4 is 5.32 Å². The monoisotopic (exact) mass is 279 g/mol. The molecule has 1 aromatic rings. The van der Waals surface area contributed by atoms with E-state index in [0.29, 0.717) is 16.2 Å². The van der Waals surface area contributed by atoms with Crippen molar-refractivity contribution in [3.8, 4) is 0 Å². The van der Waals surface area contributed by atoms with Gasteiger partial charge in [-0.05, 0) is 35.8 Å². The van der Waals surface area contributed by atoms with Crippen molar-refractivity contribution < 1.29 is 8.42 Å². The second kappa shape index (κ2) is 4.32. The van der Waals surface area contributed by atoms with Crippen molar-refractivity contribution in [1.82, 2.24) is 5.32 Å². The Morgan fingerprint density at radius 3 is 2.63 bits per heavy atom. The van der Waals surface area contributed by atoms with E-state index in [4.69, 9.17) is 0 Å². The van der Waals surface area contributed by atoms with Crippen LogP contribution in [-0.2, 0) is 9.84 Å². The molecule has 1 unspecified atom stereocenters. The lowest BCUT2D eigenvalue weighted by Gasteiger charge is -2.23. The molecule has 19 heavy (non-hydrogen) atoms. The lowest BCUT2D eigenvalue weighted by Crippen LogP contribution is -2.31. The normalized spacial score (nSPS) is 26.4. The minimum atomic E-state index is -3.08. The van der Waals surface area contributed by atoms with Gasteiger partial charge in [-0.2, -0.15) is 0 Å². The molecular formula is C15H21NO2S. The van der Waals surface area contributed by atoms with Crippen molar-refractivity contribution in [3.05, 3.63) is 29.8 Å². The zero-order valence-corrected chi connectivity index (χ0v) is 12.3. The summed E-state index contributed by atoms with van der Waals surface area (Å²) in [5.41, 5.74) is 1.35. The fraction of sp³-hybridized carbons (Fsp3) is 0.600. The van der Waals surface area contributed by atoms with Crippen LogP contribution in [-0.4, -0.2) is 20.7 Å². The Balaban J connectivity index is 1.78. The number of sulfone groups is 1. The molecule has 104 valence electrons. The molecule has 0 bridgehead atoms. The molecule has 1 aromatic carbocycles. The third kappa shape index (κ3) is 2.21. The van der Waals surface area contributed by atoms with Crippen LogP contribution in [0.2, 0.25) is 0 Å². The van der Waals surface area contributed by atoms with Gasteiger partial charge in [-0.3, -0.25) is 0 Å². The summed E-state index contributed by atoms with van der Waals surface area (Å²) < 4.78 is 24.2. The highest BCUT2D eigenvalue weighted by molar-refractivity contribution is 7.91. The summed E-state index contributed by atoms with van der Waals surface area (Å²) in [7, 11) is -3.08. The van der Waals surface area contributed by atoms with Crippen LogP contribution in [0.3, 0.4) is 0 Å². The molecular weight excluding hydrogens is 258 g/mol. The number of benzene rings is 1. The summed E-state index contributed by atoms with van der Waals surface area (Å²) in [4.78, 5) is 0.516. The van der Waals surface area contributed by atoms with Crippen molar-refractivity contribution in [3.63, 3.8) is 0 Å². The van der Waals surface area contributed by atoms with E-state index in [9.17, 15) is 8.42 Å². The Hall–Kier alpha value is -0.870. The summed E-state index contributed by atoms with van der Waals surface area (Å²) in [6.07, 6.45) is 2.53. The highest BCUT2D eigenvalue weighted by Gasteiger charge is 2.46. The minimum Gasteiger partial charge on any atom is -0.308 e. The Labute approximate surface area is 115 Å². The fourth-order valence-electron chi connectivity index (χ4n) is 3.06. The van der Waals surface area contributed by atoms with Crippen LogP contribution in [0.5, 0.6) is 0 Å². The summed E-state index contributed by atoms with van der Waals surface area (Å²) in [6.45, 7) is 5.45. The molecule has 1 heterocycles. The summed E-state index contributed by atoms with van der Waals surface area (Å²) in [5.74, 6) is 0.869. The number of nitrogens with one attached hydrogen (secondary N) is 1. The molecule has 1 atom stereocenters. The van der Waals surface area contributed by atoms with Crippen molar-refractivity contribution in [2.75, 3.05) is 12.3 Å². The van der Waals surface area contributed by atoms with E-state index in [1.807, 2.05) is 12.1 Å². The van der Waals surface area contributed by atoms with E-state index in [1.165, 1.54) is 12.8 Å². The van der Waals surface area contributed by atoms with Crippen molar-refractivity contribution >= 4 is 9.84 Å². The fourth-order valence-corrected chi connectivity index (χ4v) is 4.84. The van der Waals surface area contributed by atoms with Crippen molar-refractivity contribution in [1.29, 1.82) is 0 Å². The predicted octanol–water partition coefficient (Wildman–Crippen LogP) is 2.54. The average molecular weight is 279 g/mol. The standard InChI is InChI=1S/C15H21NO2S/c1-11(2)15(7-8-15)10-16-13-9-19(17,18)14-6-4-3-5-12(13)14/h3-6,11,13,16H,7-10H2,1-2H3. The van der Waals surface area contributed by atoms with Crippen LogP contribution >= 0.6 is 0 Å². The number of fused-ring (bicyclic) bond motifs is 1. The molecule has 0 aromatic heterocycles. The van der Waals surface area contributed by atoms with Crippen molar-refractivity contribution in [2.45, 2.75) is 37.6 Å². The maximum Gasteiger partial charge on any atom is 0.180 e. The second-order valence-electron chi connectivity index (χ2n) is 6.27. The van der Waals surface area contributed by atoms with E-state index in [2.05, 4.69) is 19.2 Å². The lowest BCUT2D eigenvalue weighted by molar-refractivity contribution is 0.326. The summed E-state index contributed by atoms with van der Waals surface area (Å²) in [5, 5.41) is 3.50. The molecule has 3 nitrogen and oxygen atoms in total. The third-order valence-electron chi connectivity index (χ3n) is 4.83. The van der Waals surface area contributed by atoms with Crippen molar-refractivity contribution in [2.24, 2.45) is 11.3 Å². The Morgan fingerprint density at radius 2 is 2.00 bits per heavy atom. The van der Waals surface area contributed by atoms with Gasteiger partial charge in [0.05, 0.1) is 10.6 Å². The molecule has 1 N–H and O–H groups in total. The molecule has 1 aliphatic heterocycles. The van der Waals surface area contributed by atoms with E-state index in [1.54, 1.807) is 12.1 Å². The number of hydrogen-bond donors (Lipinski definition) is 1. The van der Waals surface area contributed by atoms with E-state index < -0.39 is 9.84 Å². The lowest BCUT2D eigenvalue weighted by atomic mass is 9.92. The van der Waals surface area contributed by atoms with Gasteiger partial charge in [-0.15, -0.1) is 0 Å². The van der Waals surface area contributed by atoms with E-state index >= 15 is 0 Å². The largest absolute Gasteiger partial charge is 0.308 e. The number of rotatable bonds is 4. The molecule has 3 rings (SSSR count). The Morgan fingerprint density at radius 1 is 1.32 bits per heavy atom. The summed E-state index contributed by atoms with van der Waals surface area (Å²) in [6, 6.07) is 7.35. The van der Waals surface area contributed by atoms with Crippen LogP contribution in [0.1, 0.15) is 38.3 Å². The molecule has 0 radical (unpaired) electrons. The number of hydrogen-bond acceptors (Lipinski definition) is 3. The molecule has 1 saturated carbocycles. The van der Waals surface area contributed by atoms with Gasteiger partial charge in [0.25, 0.3) is 0 Å². The van der Waals surface area contributed by atoms with Gasteiger partial charge >= 0.3 is 0 Å². The topological polar surface area (TPSA) is 46.2 Å². The van der Waals surface area contributed by atoms with Gasteiger partial charge in [0.15, 0.2) is 9.84 Å². The molecule has 0 spiro atoms. The Kier molecular flexibility index (Phi) is 2.98. The summed E-state index contributed by atoms with van der Waals surface area (Å²) >= 11 is 0.